The molecule has 0 saturated heterocycles. The van der Waals surface area contributed by atoms with Crippen LogP contribution >= 0.6 is 39.1 Å². The molecule has 25 heavy (non-hydrogen) atoms. The molecule has 0 unspecified atom stereocenters. The van der Waals surface area contributed by atoms with Gasteiger partial charge in [0.05, 0.1) is 17.0 Å². The zero-order valence-corrected chi connectivity index (χ0v) is 16.0. The summed E-state index contributed by atoms with van der Waals surface area (Å²) in [4.78, 5) is 24.0. The Morgan fingerprint density at radius 2 is 1.72 bits per heavy atom. The Morgan fingerprint density at radius 3 is 2.36 bits per heavy atom. The lowest BCUT2D eigenvalue weighted by Crippen LogP contribution is -2.37. The normalized spacial score (nSPS) is 10.0. The van der Waals surface area contributed by atoms with Gasteiger partial charge in [0.1, 0.15) is 0 Å². The summed E-state index contributed by atoms with van der Waals surface area (Å²) in [6.07, 6.45) is -0.00923. The molecule has 5 nitrogen and oxygen atoms in total. The van der Waals surface area contributed by atoms with E-state index in [9.17, 15) is 9.59 Å². The maximum absolute atomic E-state index is 12.0. The molecule has 0 aliphatic heterocycles. The molecular formula is C17H14BrCl2N3O2. The predicted octanol–water partition coefficient (Wildman–Crippen LogP) is 4.53. The first-order chi connectivity index (χ1) is 11.8. The zero-order chi connectivity index (χ0) is 18.4. The number of nitrogens with one attached hydrogen (secondary N) is 3. The molecule has 0 heterocycles. The van der Waals surface area contributed by atoms with Crippen LogP contribution in [0, 0.1) is 0 Å². The second-order valence-electron chi connectivity index (χ2n) is 5.04. The number of carbonyl (C=O) groups is 2. The highest BCUT2D eigenvalue weighted by atomic mass is 79.9. The Morgan fingerprint density at radius 1 is 1.04 bits per heavy atom. The van der Waals surface area contributed by atoms with Gasteiger partial charge in [0.25, 0.3) is 5.91 Å². The summed E-state index contributed by atoms with van der Waals surface area (Å²) in [5.74, 6) is -0.727. The average molecular weight is 443 g/mol. The predicted molar refractivity (Wildman–Crippen MR) is 104 cm³/mol. The van der Waals surface area contributed by atoms with E-state index in [0.29, 0.717) is 16.4 Å². The van der Waals surface area contributed by atoms with Crippen LogP contribution in [0.3, 0.4) is 0 Å². The lowest BCUT2D eigenvalue weighted by molar-refractivity contribution is -0.115. The molecule has 2 rings (SSSR count). The second-order valence-corrected chi connectivity index (χ2v) is 6.80. The monoisotopic (exact) mass is 441 g/mol. The van der Waals surface area contributed by atoms with Crippen LogP contribution in [0.5, 0.6) is 0 Å². The quantitative estimate of drug-likeness (QED) is 0.575. The van der Waals surface area contributed by atoms with Crippen LogP contribution in [0.25, 0.3) is 0 Å². The molecule has 2 amide bonds. The Kier molecular flexibility index (Phi) is 6.87. The van der Waals surface area contributed by atoms with Gasteiger partial charge in [-0.3, -0.25) is 15.0 Å². The largest absolute Gasteiger partial charge is 0.326 e. The van der Waals surface area contributed by atoms with E-state index in [-0.39, 0.29) is 22.9 Å². The topological polar surface area (TPSA) is 70.2 Å². The molecule has 8 heteroatoms. The molecule has 0 aromatic heterocycles. The fraction of sp³-hybridized carbons (Fsp3) is 0.0588. The minimum Gasteiger partial charge on any atom is -0.326 e. The Bertz CT molecular complexity index is 810. The summed E-state index contributed by atoms with van der Waals surface area (Å²) in [5, 5.41) is 3.39. The standard InChI is InChI=1S/C17H14BrCl2N3O2/c1-10(8-16(24)21-13-5-2-11(18)3-6-13)22-23-17(25)14-7-4-12(19)9-15(14)20/h2-7,9,22H,1,8H2,(H,21,24)(H,23,25). The van der Waals surface area contributed by atoms with E-state index >= 15 is 0 Å². The SMILES string of the molecule is C=C(CC(=O)Nc1ccc(Br)cc1)NNC(=O)c1ccc(Cl)cc1Cl. The van der Waals surface area contributed by atoms with E-state index in [0.717, 1.165) is 4.47 Å². The fourth-order valence-electron chi connectivity index (χ4n) is 1.86. The molecule has 0 fully saturated rings. The van der Waals surface area contributed by atoms with Gasteiger partial charge in [-0.2, -0.15) is 0 Å². The number of amides is 2. The molecular weight excluding hydrogens is 429 g/mol. The number of hydrogen-bond donors (Lipinski definition) is 3. The average Bonchev–Trinajstić information content (AvgIpc) is 2.54. The number of rotatable bonds is 6. The van der Waals surface area contributed by atoms with Crippen molar-refractivity contribution in [2.45, 2.75) is 6.42 Å². The van der Waals surface area contributed by atoms with Gasteiger partial charge in [0, 0.05) is 20.9 Å². The molecule has 0 aliphatic carbocycles. The van der Waals surface area contributed by atoms with E-state index in [2.05, 4.69) is 38.7 Å². The first kappa shape index (κ1) is 19.3. The van der Waals surface area contributed by atoms with Gasteiger partial charge in [-0.1, -0.05) is 45.7 Å². The van der Waals surface area contributed by atoms with E-state index in [1.165, 1.54) is 12.1 Å². The number of benzene rings is 2. The van der Waals surface area contributed by atoms with Gasteiger partial charge in [-0.15, -0.1) is 0 Å². The van der Waals surface area contributed by atoms with Crippen molar-refractivity contribution in [2.75, 3.05) is 5.32 Å². The van der Waals surface area contributed by atoms with Crippen LogP contribution in [0.1, 0.15) is 16.8 Å². The van der Waals surface area contributed by atoms with Gasteiger partial charge in [-0.25, -0.2) is 0 Å². The third kappa shape index (κ3) is 6.08. The molecule has 130 valence electrons. The van der Waals surface area contributed by atoms with Gasteiger partial charge < -0.3 is 10.7 Å². The van der Waals surface area contributed by atoms with Crippen molar-refractivity contribution >= 4 is 56.6 Å². The Hall–Kier alpha value is -2.02. The minimum atomic E-state index is -0.462. The zero-order valence-electron chi connectivity index (χ0n) is 12.9. The summed E-state index contributed by atoms with van der Waals surface area (Å²) >= 11 is 15.1. The highest BCUT2D eigenvalue weighted by Gasteiger charge is 2.11. The summed E-state index contributed by atoms with van der Waals surface area (Å²) < 4.78 is 0.917. The number of hydrogen-bond acceptors (Lipinski definition) is 3. The highest BCUT2D eigenvalue weighted by Crippen LogP contribution is 2.20. The number of anilines is 1. The van der Waals surface area contributed by atoms with Gasteiger partial charge in [0.15, 0.2) is 0 Å². The van der Waals surface area contributed by atoms with Crippen LogP contribution < -0.4 is 16.2 Å². The third-order valence-corrected chi connectivity index (χ3v) is 4.11. The first-order valence-electron chi connectivity index (χ1n) is 7.10. The molecule has 2 aromatic carbocycles. The third-order valence-electron chi connectivity index (χ3n) is 3.03. The lowest BCUT2D eigenvalue weighted by atomic mass is 10.2. The van der Waals surface area contributed by atoms with Crippen molar-refractivity contribution in [3.8, 4) is 0 Å². The van der Waals surface area contributed by atoms with Gasteiger partial charge in [-0.05, 0) is 42.5 Å². The number of halogens is 3. The molecule has 0 radical (unpaired) electrons. The van der Waals surface area contributed by atoms with E-state index in [1.54, 1.807) is 18.2 Å². The second kappa shape index (κ2) is 8.89. The van der Waals surface area contributed by atoms with Crippen molar-refractivity contribution in [1.29, 1.82) is 0 Å². The summed E-state index contributed by atoms with van der Waals surface area (Å²) in [5.41, 5.74) is 6.28. The smallest absolute Gasteiger partial charge is 0.271 e. The molecule has 0 aliphatic rings. The lowest BCUT2D eigenvalue weighted by Gasteiger charge is -2.12. The van der Waals surface area contributed by atoms with Crippen molar-refractivity contribution in [2.24, 2.45) is 0 Å². The summed E-state index contributed by atoms with van der Waals surface area (Å²) in [6.45, 7) is 3.70. The Labute approximate surface area is 163 Å². The van der Waals surface area contributed by atoms with Crippen LogP contribution in [0.4, 0.5) is 5.69 Å². The van der Waals surface area contributed by atoms with Crippen LogP contribution in [-0.4, -0.2) is 11.8 Å². The molecule has 3 N–H and O–H groups in total. The van der Waals surface area contributed by atoms with Crippen molar-refractivity contribution in [3.05, 3.63) is 74.8 Å². The number of hydrazine groups is 1. The highest BCUT2D eigenvalue weighted by molar-refractivity contribution is 9.10. The van der Waals surface area contributed by atoms with Crippen LogP contribution in [0.2, 0.25) is 10.0 Å². The maximum atomic E-state index is 12.0. The Balaban J connectivity index is 1.82. The van der Waals surface area contributed by atoms with Crippen molar-refractivity contribution in [1.82, 2.24) is 10.9 Å². The molecule has 0 saturated carbocycles. The molecule has 0 atom stereocenters. The first-order valence-corrected chi connectivity index (χ1v) is 8.64. The van der Waals surface area contributed by atoms with E-state index in [4.69, 9.17) is 23.2 Å². The van der Waals surface area contributed by atoms with Gasteiger partial charge >= 0.3 is 0 Å². The van der Waals surface area contributed by atoms with Crippen molar-refractivity contribution < 1.29 is 9.59 Å². The van der Waals surface area contributed by atoms with E-state index in [1.807, 2.05) is 12.1 Å². The van der Waals surface area contributed by atoms with Crippen LogP contribution in [-0.2, 0) is 4.79 Å². The van der Waals surface area contributed by atoms with E-state index < -0.39 is 5.91 Å². The molecule has 0 spiro atoms. The summed E-state index contributed by atoms with van der Waals surface area (Å²) in [6, 6.07) is 11.7. The summed E-state index contributed by atoms with van der Waals surface area (Å²) in [7, 11) is 0. The molecule has 0 bridgehead atoms. The molecule has 2 aromatic rings. The number of carbonyl (C=O) groups excluding carboxylic acids is 2. The van der Waals surface area contributed by atoms with Crippen molar-refractivity contribution in [3.63, 3.8) is 0 Å². The van der Waals surface area contributed by atoms with Gasteiger partial charge in [0.2, 0.25) is 5.91 Å². The van der Waals surface area contributed by atoms with Crippen LogP contribution in [0.15, 0.2) is 59.2 Å². The fourth-order valence-corrected chi connectivity index (χ4v) is 2.62. The minimum absolute atomic E-state index is 0.00923. The maximum Gasteiger partial charge on any atom is 0.271 e.